The molecule has 2 N–H and O–H groups in total. The van der Waals surface area contributed by atoms with Crippen LogP contribution in [0.1, 0.15) is 11.1 Å². The topological polar surface area (TPSA) is 83.9 Å². The maximum absolute atomic E-state index is 13.4. The molecule has 0 aromatic heterocycles. The van der Waals surface area contributed by atoms with E-state index in [4.69, 9.17) is 21.7 Å². The molecule has 0 saturated heterocycles. The van der Waals surface area contributed by atoms with E-state index in [1.807, 2.05) is 0 Å². The summed E-state index contributed by atoms with van der Waals surface area (Å²) in [6, 6.07) is 3.72. The first-order valence-corrected chi connectivity index (χ1v) is 6.08. The fourth-order valence-electron chi connectivity index (χ4n) is 1.03. The lowest BCUT2D eigenvalue weighted by molar-refractivity contribution is 0.572. The van der Waals surface area contributed by atoms with E-state index in [1.54, 1.807) is 0 Å². The Bertz CT molecular complexity index is 536. The first kappa shape index (κ1) is 11.9. The molecule has 1 aromatic carbocycles. The minimum absolute atomic E-state index is 0.00559. The number of nitrogens with zero attached hydrogens (tertiary/aromatic N) is 1. The zero-order valence-electron chi connectivity index (χ0n) is 7.37. The highest BCUT2D eigenvalue weighted by atomic mass is 35.7. The van der Waals surface area contributed by atoms with E-state index >= 15 is 0 Å². The molecule has 0 spiro atoms. The van der Waals surface area contributed by atoms with Crippen LogP contribution in [-0.4, -0.2) is 8.42 Å². The minimum Gasteiger partial charge on any atom is -0.326 e. The summed E-state index contributed by atoms with van der Waals surface area (Å²) < 4.78 is 35.3. The molecule has 0 bridgehead atoms. The van der Waals surface area contributed by atoms with Gasteiger partial charge in [-0.05, 0) is 17.7 Å². The predicted octanol–water partition coefficient (Wildman–Crippen LogP) is 1.08. The van der Waals surface area contributed by atoms with Crippen molar-refractivity contribution in [2.24, 2.45) is 5.73 Å². The van der Waals surface area contributed by atoms with Crippen LogP contribution >= 0.6 is 10.7 Å². The number of hydrogen-bond donors (Lipinski definition) is 1. The average molecular weight is 249 g/mol. The van der Waals surface area contributed by atoms with E-state index in [2.05, 4.69) is 0 Å². The number of benzene rings is 1. The van der Waals surface area contributed by atoms with E-state index in [1.165, 1.54) is 12.1 Å². The summed E-state index contributed by atoms with van der Waals surface area (Å²) in [5, 5.41) is 8.56. The van der Waals surface area contributed by atoms with Gasteiger partial charge in [0.25, 0.3) is 9.05 Å². The van der Waals surface area contributed by atoms with Crippen LogP contribution in [-0.2, 0) is 15.6 Å². The number of hydrogen-bond acceptors (Lipinski definition) is 4. The lowest BCUT2D eigenvalue weighted by Gasteiger charge is -2.03. The molecule has 4 nitrogen and oxygen atoms in total. The van der Waals surface area contributed by atoms with Crippen molar-refractivity contribution in [3.63, 3.8) is 0 Å². The van der Waals surface area contributed by atoms with Crippen LogP contribution in [0.3, 0.4) is 0 Å². The quantitative estimate of drug-likeness (QED) is 0.794. The molecule has 1 aromatic rings. The van der Waals surface area contributed by atoms with E-state index in [0.717, 1.165) is 6.07 Å². The number of nitrogens with two attached hydrogens (primary N) is 1. The van der Waals surface area contributed by atoms with Gasteiger partial charge in [0.2, 0.25) is 0 Å². The molecule has 0 radical (unpaired) electrons. The summed E-state index contributed by atoms with van der Waals surface area (Å²) in [4.78, 5) is -0.719. The molecule has 0 fully saturated rings. The van der Waals surface area contributed by atoms with Gasteiger partial charge in [-0.25, -0.2) is 12.8 Å². The molecular weight excluding hydrogens is 243 g/mol. The number of halogens is 2. The molecule has 1 rings (SSSR count). The summed E-state index contributed by atoms with van der Waals surface area (Å²) in [6.07, 6.45) is 0. The first-order valence-electron chi connectivity index (χ1n) is 3.77. The molecule has 15 heavy (non-hydrogen) atoms. The highest BCUT2D eigenvalue weighted by molar-refractivity contribution is 8.13. The van der Waals surface area contributed by atoms with Crippen molar-refractivity contribution in [1.82, 2.24) is 0 Å². The Morgan fingerprint density at radius 2 is 2.13 bits per heavy atom. The zero-order chi connectivity index (χ0) is 11.6. The molecule has 80 valence electrons. The molecule has 0 amide bonds. The monoisotopic (exact) mass is 248 g/mol. The van der Waals surface area contributed by atoms with Crippen molar-refractivity contribution >= 4 is 19.7 Å². The summed E-state index contributed by atoms with van der Waals surface area (Å²) in [6.45, 7) is -0.00559. The van der Waals surface area contributed by atoms with Crippen molar-refractivity contribution in [3.8, 4) is 6.07 Å². The van der Waals surface area contributed by atoms with Gasteiger partial charge >= 0.3 is 0 Å². The van der Waals surface area contributed by atoms with Gasteiger partial charge in [-0.1, -0.05) is 0 Å². The Balaban J connectivity index is 3.61. The van der Waals surface area contributed by atoms with E-state index < -0.39 is 25.3 Å². The van der Waals surface area contributed by atoms with Crippen LogP contribution in [0.15, 0.2) is 17.0 Å². The summed E-state index contributed by atoms with van der Waals surface area (Å²) in [5.74, 6) is -1.15. The second kappa shape index (κ2) is 4.14. The highest BCUT2D eigenvalue weighted by Gasteiger charge is 2.20. The van der Waals surface area contributed by atoms with Gasteiger partial charge in [-0.2, -0.15) is 5.26 Å². The maximum atomic E-state index is 13.4. The summed E-state index contributed by atoms with van der Waals surface area (Å²) in [7, 11) is 0.796. The lowest BCUT2D eigenvalue weighted by atomic mass is 10.1. The van der Waals surface area contributed by atoms with E-state index in [0.29, 0.717) is 5.56 Å². The Hall–Kier alpha value is -1.16. The van der Waals surface area contributed by atoms with E-state index in [-0.39, 0.29) is 6.54 Å². The molecule has 0 unspecified atom stereocenters. The van der Waals surface area contributed by atoms with Gasteiger partial charge in [0.1, 0.15) is 11.0 Å². The molecule has 0 aliphatic heterocycles. The van der Waals surface area contributed by atoms with Crippen LogP contribution in [0, 0.1) is 17.1 Å². The maximum Gasteiger partial charge on any atom is 0.264 e. The molecule has 0 saturated carbocycles. The standard InChI is InChI=1S/C8H6ClFN2O2S/c9-15(13,14)7-2-5(3-11)1-6(4-12)8(7)10/h1-2H,3,11H2. The largest absolute Gasteiger partial charge is 0.326 e. The fraction of sp³-hybridized carbons (Fsp3) is 0.125. The lowest BCUT2D eigenvalue weighted by Crippen LogP contribution is -2.04. The Morgan fingerprint density at radius 1 is 1.53 bits per heavy atom. The SMILES string of the molecule is N#Cc1cc(CN)cc(S(=O)(=O)Cl)c1F. The minimum atomic E-state index is -4.21. The second-order valence-corrected chi connectivity index (χ2v) is 5.24. The fourth-order valence-corrected chi connectivity index (χ4v) is 1.98. The van der Waals surface area contributed by atoms with Crippen molar-refractivity contribution < 1.29 is 12.8 Å². The number of rotatable bonds is 2. The van der Waals surface area contributed by atoms with Gasteiger partial charge in [-0.3, -0.25) is 0 Å². The molecular formula is C8H6ClFN2O2S. The van der Waals surface area contributed by atoms with Gasteiger partial charge in [-0.15, -0.1) is 0 Å². The Labute approximate surface area is 90.5 Å². The third-order valence-electron chi connectivity index (χ3n) is 1.72. The van der Waals surface area contributed by atoms with Crippen molar-refractivity contribution in [1.29, 1.82) is 5.26 Å². The third-order valence-corrected chi connectivity index (χ3v) is 3.04. The van der Waals surface area contributed by atoms with Gasteiger partial charge < -0.3 is 5.73 Å². The third kappa shape index (κ3) is 2.45. The Kier molecular flexibility index (Phi) is 3.29. The summed E-state index contributed by atoms with van der Waals surface area (Å²) >= 11 is 0. The zero-order valence-corrected chi connectivity index (χ0v) is 8.94. The van der Waals surface area contributed by atoms with Gasteiger partial charge in [0.15, 0.2) is 5.82 Å². The van der Waals surface area contributed by atoms with Gasteiger partial charge in [0.05, 0.1) is 5.56 Å². The van der Waals surface area contributed by atoms with Crippen LogP contribution < -0.4 is 5.73 Å². The Morgan fingerprint density at radius 3 is 2.53 bits per heavy atom. The van der Waals surface area contributed by atoms with Crippen molar-refractivity contribution in [2.75, 3.05) is 0 Å². The summed E-state index contributed by atoms with van der Waals surface area (Å²) in [5.41, 5.74) is 5.20. The van der Waals surface area contributed by atoms with Crippen LogP contribution in [0.25, 0.3) is 0 Å². The van der Waals surface area contributed by atoms with Crippen LogP contribution in [0.5, 0.6) is 0 Å². The normalized spacial score (nSPS) is 11.1. The molecule has 0 heterocycles. The first-order chi connectivity index (χ1) is 6.90. The van der Waals surface area contributed by atoms with Crippen LogP contribution in [0.2, 0.25) is 0 Å². The molecule has 7 heteroatoms. The van der Waals surface area contributed by atoms with Crippen molar-refractivity contribution in [2.45, 2.75) is 11.4 Å². The van der Waals surface area contributed by atoms with Gasteiger partial charge in [0, 0.05) is 17.2 Å². The molecule has 0 atom stereocenters. The average Bonchev–Trinajstić information content (AvgIpc) is 2.16. The highest BCUT2D eigenvalue weighted by Crippen LogP contribution is 2.23. The smallest absolute Gasteiger partial charge is 0.264 e. The van der Waals surface area contributed by atoms with Crippen LogP contribution in [0.4, 0.5) is 4.39 Å². The van der Waals surface area contributed by atoms with Crippen molar-refractivity contribution in [3.05, 3.63) is 29.1 Å². The predicted molar refractivity (Wildman–Crippen MR) is 52.0 cm³/mol. The molecule has 0 aliphatic rings. The molecule has 0 aliphatic carbocycles. The van der Waals surface area contributed by atoms with E-state index in [9.17, 15) is 12.8 Å². The number of nitriles is 1. The second-order valence-electron chi connectivity index (χ2n) is 2.71.